The van der Waals surface area contributed by atoms with E-state index in [1.807, 2.05) is 0 Å². The second-order valence-electron chi connectivity index (χ2n) is 7.09. The Morgan fingerprint density at radius 2 is 1.95 bits per heavy atom. The SMILES string of the molecule is CCC1CCNC(C(=O)N2CCCC2C2CCCC2)C1. The minimum absolute atomic E-state index is 0.107. The molecule has 3 unspecified atom stereocenters. The Labute approximate surface area is 123 Å². The van der Waals surface area contributed by atoms with Gasteiger partial charge < -0.3 is 10.2 Å². The number of nitrogens with zero attached hydrogens (tertiary/aromatic N) is 1. The van der Waals surface area contributed by atoms with Crippen LogP contribution in [0.2, 0.25) is 0 Å². The Kier molecular flexibility index (Phi) is 4.65. The lowest BCUT2D eigenvalue weighted by Gasteiger charge is -2.36. The van der Waals surface area contributed by atoms with E-state index in [4.69, 9.17) is 0 Å². The molecule has 3 heteroatoms. The predicted molar refractivity (Wildman–Crippen MR) is 81.5 cm³/mol. The normalized spacial score (nSPS) is 35.6. The van der Waals surface area contributed by atoms with Gasteiger partial charge in [-0.15, -0.1) is 0 Å². The van der Waals surface area contributed by atoms with Crippen LogP contribution in [0.25, 0.3) is 0 Å². The molecule has 2 heterocycles. The Bertz CT molecular complexity index is 338. The van der Waals surface area contributed by atoms with E-state index in [0.717, 1.165) is 31.3 Å². The van der Waals surface area contributed by atoms with Gasteiger partial charge in [0.2, 0.25) is 5.91 Å². The van der Waals surface area contributed by atoms with Gasteiger partial charge in [-0.05, 0) is 56.9 Å². The molecule has 1 amide bonds. The number of hydrogen-bond donors (Lipinski definition) is 1. The number of carbonyl (C=O) groups excluding carboxylic acids is 1. The van der Waals surface area contributed by atoms with Crippen LogP contribution < -0.4 is 5.32 Å². The smallest absolute Gasteiger partial charge is 0.239 e. The number of nitrogens with one attached hydrogen (secondary N) is 1. The summed E-state index contributed by atoms with van der Waals surface area (Å²) in [6, 6.07) is 0.671. The lowest BCUT2D eigenvalue weighted by Crippen LogP contribution is -2.52. The maximum absolute atomic E-state index is 12.9. The van der Waals surface area contributed by atoms with E-state index in [-0.39, 0.29) is 6.04 Å². The van der Waals surface area contributed by atoms with Crippen LogP contribution in [0, 0.1) is 11.8 Å². The van der Waals surface area contributed by atoms with Gasteiger partial charge in [-0.1, -0.05) is 26.2 Å². The highest BCUT2D eigenvalue weighted by Crippen LogP contribution is 2.36. The highest BCUT2D eigenvalue weighted by Gasteiger charge is 2.39. The van der Waals surface area contributed by atoms with Gasteiger partial charge >= 0.3 is 0 Å². The molecule has 2 aliphatic heterocycles. The average Bonchev–Trinajstić information content (AvgIpc) is 3.16. The van der Waals surface area contributed by atoms with Gasteiger partial charge in [-0.25, -0.2) is 0 Å². The van der Waals surface area contributed by atoms with Crippen molar-refractivity contribution in [1.82, 2.24) is 10.2 Å². The minimum Gasteiger partial charge on any atom is -0.338 e. The zero-order chi connectivity index (χ0) is 13.9. The predicted octanol–water partition coefficient (Wildman–Crippen LogP) is 2.95. The van der Waals surface area contributed by atoms with Crippen LogP contribution in [0.15, 0.2) is 0 Å². The fourth-order valence-electron chi connectivity index (χ4n) is 4.65. The number of likely N-dealkylation sites (tertiary alicyclic amines) is 1. The van der Waals surface area contributed by atoms with Crippen molar-refractivity contribution in [1.29, 1.82) is 0 Å². The van der Waals surface area contributed by atoms with E-state index < -0.39 is 0 Å². The number of carbonyl (C=O) groups is 1. The molecule has 20 heavy (non-hydrogen) atoms. The topological polar surface area (TPSA) is 32.3 Å². The molecule has 1 aliphatic carbocycles. The summed E-state index contributed by atoms with van der Waals surface area (Å²) >= 11 is 0. The van der Waals surface area contributed by atoms with Crippen LogP contribution in [0.5, 0.6) is 0 Å². The maximum Gasteiger partial charge on any atom is 0.239 e. The Morgan fingerprint density at radius 1 is 1.15 bits per heavy atom. The van der Waals surface area contributed by atoms with Crippen LogP contribution >= 0.6 is 0 Å². The lowest BCUT2D eigenvalue weighted by atomic mass is 9.89. The van der Waals surface area contributed by atoms with Crippen molar-refractivity contribution in [3.8, 4) is 0 Å². The molecule has 0 aromatic rings. The number of piperidine rings is 1. The first-order valence-corrected chi connectivity index (χ1v) is 8.83. The Balaban J connectivity index is 1.63. The summed E-state index contributed by atoms with van der Waals surface area (Å²) in [4.78, 5) is 15.1. The van der Waals surface area contributed by atoms with Gasteiger partial charge in [0, 0.05) is 12.6 Å². The van der Waals surface area contributed by atoms with E-state index in [1.54, 1.807) is 0 Å². The number of rotatable bonds is 3. The molecule has 0 spiro atoms. The highest BCUT2D eigenvalue weighted by atomic mass is 16.2. The van der Waals surface area contributed by atoms with E-state index in [9.17, 15) is 4.79 Å². The molecule has 3 nitrogen and oxygen atoms in total. The molecule has 2 saturated heterocycles. The van der Waals surface area contributed by atoms with Crippen molar-refractivity contribution in [2.45, 2.75) is 76.8 Å². The molecule has 3 fully saturated rings. The summed E-state index contributed by atoms with van der Waals surface area (Å²) in [5.74, 6) is 1.96. The molecule has 3 atom stereocenters. The van der Waals surface area contributed by atoms with Gasteiger partial charge in [0.1, 0.15) is 0 Å². The van der Waals surface area contributed by atoms with E-state index >= 15 is 0 Å². The number of hydrogen-bond acceptors (Lipinski definition) is 2. The van der Waals surface area contributed by atoms with Crippen molar-refractivity contribution in [2.75, 3.05) is 13.1 Å². The first-order chi connectivity index (χ1) is 9.79. The summed E-state index contributed by atoms with van der Waals surface area (Å²) < 4.78 is 0. The second kappa shape index (κ2) is 6.46. The molecule has 0 aromatic carbocycles. The van der Waals surface area contributed by atoms with Crippen LogP contribution in [0.3, 0.4) is 0 Å². The molecule has 0 bridgehead atoms. The zero-order valence-corrected chi connectivity index (χ0v) is 12.9. The van der Waals surface area contributed by atoms with Gasteiger partial charge in [-0.2, -0.15) is 0 Å². The molecule has 114 valence electrons. The van der Waals surface area contributed by atoms with Crippen molar-refractivity contribution >= 4 is 5.91 Å². The maximum atomic E-state index is 12.9. The highest BCUT2D eigenvalue weighted by molar-refractivity contribution is 5.82. The molecular formula is C17H30N2O. The standard InChI is InChI=1S/C17H30N2O/c1-2-13-9-10-18-15(12-13)17(20)19-11-5-8-16(19)14-6-3-4-7-14/h13-16,18H,2-12H2,1H3. The summed E-state index contributed by atoms with van der Waals surface area (Å²) in [5, 5.41) is 3.48. The largest absolute Gasteiger partial charge is 0.338 e. The van der Waals surface area contributed by atoms with Gasteiger partial charge in [0.15, 0.2) is 0 Å². The third-order valence-electron chi connectivity index (χ3n) is 5.91. The van der Waals surface area contributed by atoms with Crippen molar-refractivity contribution < 1.29 is 4.79 Å². The molecule has 1 N–H and O–H groups in total. The van der Waals surface area contributed by atoms with Crippen LogP contribution in [0.1, 0.15) is 64.7 Å². The van der Waals surface area contributed by atoms with Crippen molar-refractivity contribution in [3.63, 3.8) is 0 Å². The Hall–Kier alpha value is -0.570. The van der Waals surface area contributed by atoms with E-state index in [1.165, 1.54) is 51.4 Å². The summed E-state index contributed by atoms with van der Waals surface area (Å²) in [6.45, 7) is 4.29. The van der Waals surface area contributed by atoms with Crippen LogP contribution in [-0.4, -0.2) is 36.0 Å². The minimum atomic E-state index is 0.107. The first kappa shape index (κ1) is 14.4. The Morgan fingerprint density at radius 3 is 2.70 bits per heavy atom. The second-order valence-corrected chi connectivity index (χ2v) is 7.09. The van der Waals surface area contributed by atoms with Crippen molar-refractivity contribution in [2.24, 2.45) is 11.8 Å². The zero-order valence-electron chi connectivity index (χ0n) is 12.9. The van der Waals surface area contributed by atoms with E-state index in [2.05, 4.69) is 17.1 Å². The van der Waals surface area contributed by atoms with Gasteiger partial charge in [-0.3, -0.25) is 4.79 Å². The van der Waals surface area contributed by atoms with Crippen molar-refractivity contribution in [3.05, 3.63) is 0 Å². The molecule has 1 saturated carbocycles. The summed E-state index contributed by atoms with van der Waals surface area (Å²) in [5.41, 5.74) is 0. The quantitative estimate of drug-likeness (QED) is 0.861. The monoisotopic (exact) mass is 278 g/mol. The van der Waals surface area contributed by atoms with Crippen LogP contribution in [-0.2, 0) is 4.79 Å². The lowest BCUT2D eigenvalue weighted by molar-refractivity contribution is -0.136. The molecular weight excluding hydrogens is 248 g/mol. The fraction of sp³-hybridized carbons (Fsp3) is 0.941. The first-order valence-electron chi connectivity index (χ1n) is 8.83. The van der Waals surface area contributed by atoms with E-state index in [0.29, 0.717) is 11.9 Å². The third-order valence-corrected chi connectivity index (χ3v) is 5.91. The average molecular weight is 278 g/mol. The molecule has 0 aromatic heterocycles. The van der Waals surface area contributed by atoms with Crippen LogP contribution in [0.4, 0.5) is 0 Å². The number of amides is 1. The fourth-order valence-corrected chi connectivity index (χ4v) is 4.65. The molecule has 0 radical (unpaired) electrons. The van der Waals surface area contributed by atoms with Gasteiger partial charge in [0.25, 0.3) is 0 Å². The third kappa shape index (κ3) is 2.88. The summed E-state index contributed by atoms with van der Waals surface area (Å²) in [6.07, 6.45) is 11.4. The molecule has 3 rings (SSSR count). The summed E-state index contributed by atoms with van der Waals surface area (Å²) in [7, 11) is 0. The molecule has 3 aliphatic rings. The van der Waals surface area contributed by atoms with Gasteiger partial charge in [0.05, 0.1) is 6.04 Å².